The second kappa shape index (κ2) is 5.04. The van der Waals surface area contributed by atoms with Gasteiger partial charge in [0, 0.05) is 0 Å². The van der Waals surface area contributed by atoms with Crippen molar-refractivity contribution in [2.24, 2.45) is 23.7 Å². The molecule has 6 rings (SSSR count). The van der Waals surface area contributed by atoms with E-state index in [2.05, 4.69) is 30.4 Å². The van der Waals surface area contributed by atoms with E-state index >= 15 is 0 Å². The molecule has 2 amide bonds. The minimum atomic E-state index is -0.115. The molecule has 3 nitrogen and oxygen atoms in total. The van der Waals surface area contributed by atoms with E-state index < -0.39 is 0 Å². The van der Waals surface area contributed by atoms with Gasteiger partial charge in [-0.2, -0.15) is 0 Å². The third-order valence-corrected chi connectivity index (χ3v) is 6.06. The summed E-state index contributed by atoms with van der Waals surface area (Å²) in [4.78, 5) is 27.4. The average Bonchev–Trinajstić information content (AvgIpc) is 2.90. The number of hydrogen-bond acceptors (Lipinski definition) is 2. The van der Waals surface area contributed by atoms with Crippen molar-refractivity contribution in [1.82, 2.24) is 4.90 Å². The molecular weight excluding hydrogens is 298 g/mol. The third kappa shape index (κ3) is 1.84. The molecule has 1 aliphatic heterocycles. The molecule has 0 unspecified atom stereocenters. The SMILES string of the molecule is O=C1[C@@H]2[C@H](C(=O)N1Cc1cccc3ccccc13)[C@H]1C=C[C@H]2CC1. The maximum absolute atomic E-state index is 13.0. The Kier molecular flexibility index (Phi) is 2.93. The summed E-state index contributed by atoms with van der Waals surface area (Å²) in [5.74, 6) is 0.365. The fourth-order valence-electron chi connectivity index (χ4n) is 4.89. The monoisotopic (exact) mass is 317 g/mol. The summed E-state index contributed by atoms with van der Waals surface area (Å²) in [5, 5.41) is 2.27. The summed E-state index contributed by atoms with van der Waals surface area (Å²) in [6, 6.07) is 14.2. The molecule has 0 radical (unpaired) electrons. The van der Waals surface area contributed by atoms with Crippen molar-refractivity contribution in [3.05, 3.63) is 60.2 Å². The summed E-state index contributed by atoms with van der Waals surface area (Å²) in [7, 11) is 0. The smallest absolute Gasteiger partial charge is 0.234 e. The molecule has 1 saturated heterocycles. The number of carbonyl (C=O) groups is 2. The van der Waals surface area contributed by atoms with Gasteiger partial charge in [-0.05, 0) is 41.0 Å². The van der Waals surface area contributed by atoms with Gasteiger partial charge in [-0.3, -0.25) is 14.5 Å². The van der Waals surface area contributed by atoms with E-state index in [1.165, 1.54) is 4.90 Å². The first-order valence-electron chi connectivity index (χ1n) is 8.74. The highest BCUT2D eigenvalue weighted by Crippen LogP contribution is 2.49. The van der Waals surface area contributed by atoms with Crippen molar-refractivity contribution in [2.45, 2.75) is 19.4 Å². The molecule has 0 N–H and O–H groups in total. The second-order valence-electron chi connectivity index (χ2n) is 7.24. The van der Waals surface area contributed by atoms with Crippen molar-refractivity contribution < 1.29 is 9.59 Å². The first-order valence-corrected chi connectivity index (χ1v) is 8.74. The van der Waals surface area contributed by atoms with Gasteiger partial charge >= 0.3 is 0 Å². The van der Waals surface area contributed by atoms with Gasteiger partial charge in [0.2, 0.25) is 11.8 Å². The lowest BCUT2D eigenvalue weighted by Crippen LogP contribution is -2.38. The highest BCUT2D eigenvalue weighted by Gasteiger charge is 2.56. The van der Waals surface area contributed by atoms with Gasteiger partial charge < -0.3 is 0 Å². The van der Waals surface area contributed by atoms with Crippen LogP contribution in [0.2, 0.25) is 0 Å². The minimum absolute atomic E-state index is 0.0389. The number of fused-ring (bicyclic) bond motifs is 2. The highest BCUT2D eigenvalue weighted by molar-refractivity contribution is 6.06. The standard InChI is InChI=1S/C21H19NO2/c23-20-18-14-8-9-15(11-10-14)19(18)21(24)22(20)12-16-6-3-5-13-4-1-2-7-17(13)16/h1-9,14-15,18-19H,10-12H2/t14-,15-,18-,19+/m0/s1. The van der Waals surface area contributed by atoms with E-state index in [1.54, 1.807) is 0 Å². The first-order chi connectivity index (χ1) is 11.7. The van der Waals surface area contributed by atoms with Gasteiger partial charge in [0.25, 0.3) is 0 Å². The number of amides is 2. The van der Waals surface area contributed by atoms with E-state index in [1.807, 2.05) is 24.3 Å². The number of rotatable bonds is 2. The molecule has 120 valence electrons. The molecule has 2 aromatic carbocycles. The molecule has 1 heterocycles. The van der Waals surface area contributed by atoms with Crippen molar-refractivity contribution in [3.8, 4) is 0 Å². The second-order valence-corrected chi connectivity index (χ2v) is 7.24. The Morgan fingerprint density at radius 2 is 1.46 bits per heavy atom. The average molecular weight is 317 g/mol. The summed E-state index contributed by atoms with van der Waals surface area (Å²) in [6.07, 6.45) is 6.43. The maximum Gasteiger partial charge on any atom is 0.234 e. The number of imide groups is 1. The van der Waals surface area contributed by atoms with Crippen LogP contribution in [0.25, 0.3) is 10.8 Å². The molecule has 4 atom stereocenters. The number of benzene rings is 2. The van der Waals surface area contributed by atoms with Crippen molar-refractivity contribution in [2.75, 3.05) is 0 Å². The molecule has 2 fully saturated rings. The normalized spacial score (nSPS) is 31.1. The molecule has 1 saturated carbocycles. The molecule has 2 bridgehead atoms. The zero-order chi connectivity index (χ0) is 16.3. The van der Waals surface area contributed by atoms with Crippen LogP contribution in [0.15, 0.2) is 54.6 Å². The Morgan fingerprint density at radius 1 is 0.833 bits per heavy atom. The molecule has 0 spiro atoms. The maximum atomic E-state index is 13.0. The van der Waals surface area contributed by atoms with Crippen molar-refractivity contribution in [1.29, 1.82) is 0 Å². The van der Waals surface area contributed by atoms with Gasteiger partial charge in [0.1, 0.15) is 0 Å². The van der Waals surface area contributed by atoms with Gasteiger partial charge in [0.15, 0.2) is 0 Å². The minimum Gasteiger partial charge on any atom is -0.278 e. The Labute approximate surface area is 141 Å². The predicted octanol–water partition coefficient (Wildman–Crippen LogP) is 3.54. The van der Waals surface area contributed by atoms with Gasteiger partial charge in [0.05, 0.1) is 18.4 Å². The summed E-state index contributed by atoms with van der Waals surface area (Å²) in [6.45, 7) is 0.394. The highest BCUT2D eigenvalue weighted by atomic mass is 16.2. The predicted molar refractivity (Wildman–Crippen MR) is 91.8 cm³/mol. The molecule has 2 aromatic rings. The van der Waals surface area contributed by atoms with E-state index in [9.17, 15) is 9.59 Å². The lowest BCUT2D eigenvalue weighted by molar-refractivity contribution is -0.140. The summed E-state index contributed by atoms with van der Waals surface area (Å²) >= 11 is 0. The lowest BCUT2D eigenvalue weighted by Gasteiger charge is -2.38. The van der Waals surface area contributed by atoms with Crippen LogP contribution in [0.4, 0.5) is 0 Å². The van der Waals surface area contributed by atoms with Crippen LogP contribution in [0.5, 0.6) is 0 Å². The van der Waals surface area contributed by atoms with Crippen LogP contribution in [0.3, 0.4) is 0 Å². The molecular formula is C21H19NO2. The van der Waals surface area contributed by atoms with Crippen molar-refractivity contribution in [3.63, 3.8) is 0 Å². The summed E-state index contributed by atoms with van der Waals surface area (Å²) < 4.78 is 0. The number of hydrogen-bond donors (Lipinski definition) is 0. The largest absolute Gasteiger partial charge is 0.278 e. The molecule has 3 heteroatoms. The Hall–Kier alpha value is -2.42. The Balaban J connectivity index is 1.52. The lowest BCUT2D eigenvalue weighted by atomic mass is 9.63. The summed E-state index contributed by atoms with van der Waals surface area (Å²) in [5.41, 5.74) is 1.05. The molecule has 3 aliphatic carbocycles. The molecule has 0 aromatic heterocycles. The zero-order valence-corrected chi connectivity index (χ0v) is 13.4. The fourth-order valence-corrected chi connectivity index (χ4v) is 4.89. The van der Waals surface area contributed by atoms with Gasteiger partial charge in [-0.25, -0.2) is 0 Å². The van der Waals surface area contributed by atoms with E-state index in [-0.39, 0.29) is 35.5 Å². The Bertz CT molecular complexity index is 847. The number of likely N-dealkylation sites (tertiary alicyclic amines) is 1. The van der Waals surface area contributed by atoms with Crippen LogP contribution >= 0.6 is 0 Å². The zero-order valence-electron chi connectivity index (χ0n) is 13.4. The Morgan fingerprint density at radius 3 is 2.12 bits per heavy atom. The molecule has 24 heavy (non-hydrogen) atoms. The van der Waals surface area contributed by atoms with Crippen LogP contribution in [-0.2, 0) is 16.1 Å². The number of carbonyl (C=O) groups excluding carboxylic acids is 2. The van der Waals surface area contributed by atoms with E-state index in [0.717, 1.165) is 29.2 Å². The first kappa shape index (κ1) is 14.0. The van der Waals surface area contributed by atoms with Crippen LogP contribution in [0, 0.1) is 23.7 Å². The van der Waals surface area contributed by atoms with E-state index in [0.29, 0.717) is 6.54 Å². The van der Waals surface area contributed by atoms with Crippen molar-refractivity contribution >= 4 is 22.6 Å². The molecule has 4 aliphatic rings. The third-order valence-electron chi connectivity index (χ3n) is 6.06. The number of allylic oxidation sites excluding steroid dienone is 2. The topological polar surface area (TPSA) is 37.4 Å². The number of nitrogens with zero attached hydrogens (tertiary/aromatic N) is 1. The van der Waals surface area contributed by atoms with Crippen LogP contribution < -0.4 is 0 Å². The van der Waals surface area contributed by atoms with Gasteiger partial charge in [-0.1, -0.05) is 54.6 Å². The quantitative estimate of drug-likeness (QED) is 0.627. The van der Waals surface area contributed by atoms with Gasteiger partial charge in [-0.15, -0.1) is 0 Å². The van der Waals surface area contributed by atoms with E-state index in [4.69, 9.17) is 0 Å². The van der Waals surface area contributed by atoms with Crippen LogP contribution in [0.1, 0.15) is 18.4 Å². The fraction of sp³-hybridized carbons (Fsp3) is 0.333. The van der Waals surface area contributed by atoms with Crippen LogP contribution in [-0.4, -0.2) is 16.7 Å².